The normalized spacial score (nSPS) is 15.5. The minimum absolute atomic E-state index is 0.00913. The highest BCUT2D eigenvalue weighted by Crippen LogP contribution is 2.38. The van der Waals surface area contributed by atoms with Crippen LogP contribution in [-0.2, 0) is 12.7 Å². The number of carbonyl (C=O) groups excluding carboxylic acids is 1. The lowest BCUT2D eigenvalue weighted by molar-refractivity contribution is -0.140. The van der Waals surface area contributed by atoms with Gasteiger partial charge < -0.3 is 19.9 Å². The number of fused-ring (bicyclic) bond motifs is 1. The Kier molecular flexibility index (Phi) is 8.97. The minimum Gasteiger partial charge on any atom is -0.477 e. The van der Waals surface area contributed by atoms with Crippen LogP contribution in [0.25, 0.3) is 32.7 Å². The van der Waals surface area contributed by atoms with Gasteiger partial charge in [-0.15, -0.1) is 11.3 Å². The summed E-state index contributed by atoms with van der Waals surface area (Å²) in [7, 11) is 0. The first-order valence-electron chi connectivity index (χ1n) is 14.1. The van der Waals surface area contributed by atoms with Crippen molar-refractivity contribution < 1.29 is 27.9 Å². The fourth-order valence-corrected chi connectivity index (χ4v) is 6.21. The zero-order valence-corrected chi connectivity index (χ0v) is 24.8. The van der Waals surface area contributed by atoms with Gasteiger partial charge in [-0.25, -0.2) is 19.6 Å². The summed E-state index contributed by atoms with van der Waals surface area (Å²) in [5.74, 6) is -1.06. The van der Waals surface area contributed by atoms with Crippen molar-refractivity contribution in [1.82, 2.24) is 29.7 Å². The van der Waals surface area contributed by atoms with E-state index in [2.05, 4.69) is 37.4 Å². The number of aromatic carboxylic acids is 1. The second kappa shape index (κ2) is 12.7. The van der Waals surface area contributed by atoms with Crippen molar-refractivity contribution in [3.05, 3.63) is 57.6 Å². The van der Waals surface area contributed by atoms with Gasteiger partial charge in [0.2, 0.25) is 5.43 Å². The Balaban J connectivity index is 1.61. The van der Waals surface area contributed by atoms with Crippen LogP contribution in [0.1, 0.15) is 42.7 Å². The number of carbonyl (C=O) groups is 2. The Bertz CT molecular complexity index is 1770. The molecule has 1 unspecified atom stereocenters. The maximum atomic E-state index is 13.4. The molecule has 1 atom stereocenters. The predicted octanol–water partition coefficient (Wildman–Crippen LogP) is 5.17. The zero-order chi connectivity index (χ0) is 31.6. The van der Waals surface area contributed by atoms with Crippen LogP contribution in [0.3, 0.4) is 0 Å². The number of carboxylic acids is 1. The lowest BCUT2D eigenvalue weighted by atomic mass is 10.0. The molecule has 5 heterocycles. The summed E-state index contributed by atoms with van der Waals surface area (Å²) in [6.45, 7) is 7.44. The Hall–Kier alpha value is -4.37. The van der Waals surface area contributed by atoms with Crippen molar-refractivity contribution in [2.75, 3.05) is 31.5 Å². The molecule has 232 valence electrons. The first kappa shape index (κ1) is 31.1. The molecule has 11 nitrogen and oxygen atoms in total. The molecule has 15 heteroatoms. The Morgan fingerprint density at radius 1 is 1.16 bits per heavy atom. The van der Waals surface area contributed by atoms with Crippen LogP contribution in [0, 0.1) is 5.92 Å². The van der Waals surface area contributed by atoms with Gasteiger partial charge >= 0.3 is 18.2 Å². The van der Waals surface area contributed by atoms with E-state index in [0.717, 1.165) is 49.2 Å². The average Bonchev–Trinajstić information content (AvgIpc) is 3.65. The number of anilines is 1. The van der Waals surface area contributed by atoms with Gasteiger partial charge in [-0.3, -0.25) is 15.1 Å². The summed E-state index contributed by atoms with van der Waals surface area (Å²) in [5.41, 5.74) is -1.13. The first-order valence-corrected chi connectivity index (χ1v) is 14.9. The lowest BCUT2D eigenvalue weighted by Gasteiger charge is -2.18. The van der Waals surface area contributed by atoms with Gasteiger partial charge in [-0.2, -0.15) is 13.2 Å². The molecule has 2 amide bonds. The number of halogens is 3. The van der Waals surface area contributed by atoms with Crippen molar-refractivity contribution >= 4 is 40.1 Å². The fourth-order valence-electron chi connectivity index (χ4n) is 5.35. The number of urea groups is 1. The molecular formula is C29H30F3N7O4S. The molecule has 5 rings (SSSR count). The van der Waals surface area contributed by atoms with Crippen LogP contribution in [0.15, 0.2) is 40.9 Å². The summed E-state index contributed by atoms with van der Waals surface area (Å²) in [6, 6.07) is 2.25. The van der Waals surface area contributed by atoms with E-state index >= 15 is 0 Å². The molecule has 0 radical (unpaired) electrons. The molecule has 0 aromatic carbocycles. The van der Waals surface area contributed by atoms with E-state index in [9.17, 15) is 32.7 Å². The third-order valence-corrected chi connectivity index (χ3v) is 8.22. The molecule has 44 heavy (non-hydrogen) atoms. The molecule has 4 aromatic heterocycles. The second-order valence-corrected chi connectivity index (χ2v) is 11.4. The zero-order valence-electron chi connectivity index (χ0n) is 23.9. The fraction of sp³-hybridized carbons (Fsp3) is 0.379. The Labute approximate surface area is 253 Å². The van der Waals surface area contributed by atoms with Crippen molar-refractivity contribution in [2.24, 2.45) is 5.92 Å². The Morgan fingerprint density at radius 2 is 1.95 bits per heavy atom. The maximum absolute atomic E-state index is 13.4. The summed E-state index contributed by atoms with van der Waals surface area (Å²) in [4.78, 5) is 52.4. The van der Waals surface area contributed by atoms with Crippen LogP contribution >= 0.6 is 11.3 Å². The molecule has 4 aromatic rings. The van der Waals surface area contributed by atoms with E-state index in [-0.39, 0.29) is 39.0 Å². The molecule has 0 aliphatic carbocycles. The number of rotatable bonds is 9. The van der Waals surface area contributed by atoms with Gasteiger partial charge in [0.05, 0.1) is 22.8 Å². The van der Waals surface area contributed by atoms with Crippen molar-refractivity contribution in [3.8, 4) is 21.8 Å². The van der Waals surface area contributed by atoms with E-state index in [1.165, 1.54) is 30.7 Å². The molecule has 0 spiro atoms. The number of carboxylic acid groups (broad SMARTS) is 1. The molecule has 0 bridgehead atoms. The lowest BCUT2D eigenvalue weighted by Crippen LogP contribution is -2.28. The summed E-state index contributed by atoms with van der Waals surface area (Å²) in [5, 5.41) is 15.9. The minimum atomic E-state index is -4.67. The quantitative estimate of drug-likeness (QED) is 0.230. The van der Waals surface area contributed by atoms with E-state index in [0.29, 0.717) is 18.6 Å². The van der Waals surface area contributed by atoms with Crippen LogP contribution < -0.4 is 16.1 Å². The molecule has 1 saturated heterocycles. The number of hydrogen-bond acceptors (Lipinski definition) is 8. The molecule has 1 aliphatic rings. The first-order chi connectivity index (χ1) is 21.0. The maximum Gasteiger partial charge on any atom is 0.434 e. The van der Waals surface area contributed by atoms with E-state index in [1.54, 1.807) is 11.5 Å². The van der Waals surface area contributed by atoms with Gasteiger partial charge in [0.15, 0.2) is 5.69 Å². The third kappa shape index (κ3) is 6.58. The number of hydrogen-bond donors (Lipinski definition) is 3. The van der Waals surface area contributed by atoms with Gasteiger partial charge in [-0.1, -0.05) is 6.92 Å². The molecule has 3 N–H and O–H groups in total. The van der Waals surface area contributed by atoms with E-state index in [1.807, 2.05) is 0 Å². The smallest absolute Gasteiger partial charge is 0.434 e. The summed E-state index contributed by atoms with van der Waals surface area (Å²) < 4.78 is 42.0. The van der Waals surface area contributed by atoms with Crippen molar-refractivity contribution in [2.45, 2.75) is 39.4 Å². The summed E-state index contributed by atoms with van der Waals surface area (Å²) >= 11 is 0.751. The van der Waals surface area contributed by atoms with Crippen LogP contribution in [0.2, 0.25) is 0 Å². The summed E-state index contributed by atoms with van der Waals surface area (Å²) in [6.07, 6.45) is 1.42. The molecule has 1 fully saturated rings. The van der Waals surface area contributed by atoms with E-state index < -0.39 is 34.9 Å². The Morgan fingerprint density at radius 3 is 2.64 bits per heavy atom. The molecular weight excluding hydrogens is 599 g/mol. The number of amides is 2. The highest BCUT2D eigenvalue weighted by Gasteiger charge is 2.34. The van der Waals surface area contributed by atoms with Crippen LogP contribution in [0.4, 0.5) is 23.8 Å². The van der Waals surface area contributed by atoms with Crippen molar-refractivity contribution in [1.29, 1.82) is 0 Å². The number of nitrogens with one attached hydrogen (secondary N) is 2. The van der Waals surface area contributed by atoms with Gasteiger partial charge in [-0.05, 0) is 50.9 Å². The third-order valence-electron chi connectivity index (χ3n) is 7.35. The predicted molar refractivity (Wildman–Crippen MR) is 160 cm³/mol. The van der Waals surface area contributed by atoms with Crippen molar-refractivity contribution in [3.63, 3.8) is 0 Å². The van der Waals surface area contributed by atoms with Crippen LogP contribution in [0.5, 0.6) is 0 Å². The number of pyridine rings is 3. The number of aromatic nitrogens is 4. The second-order valence-electron chi connectivity index (χ2n) is 10.5. The van der Waals surface area contributed by atoms with Gasteiger partial charge in [0.1, 0.15) is 16.4 Å². The molecule has 0 saturated carbocycles. The average molecular weight is 630 g/mol. The topological polar surface area (TPSA) is 142 Å². The monoisotopic (exact) mass is 629 g/mol. The number of likely N-dealkylation sites (tertiary alicyclic amines) is 1. The highest BCUT2D eigenvalue weighted by atomic mass is 32.1. The largest absolute Gasteiger partial charge is 0.477 e. The van der Waals surface area contributed by atoms with E-state index in [4.69, 9.17) is 0 Å². The number of nitrogens with zero attached hydrogens (tertiary/aromatic N) is 5. The van der Waals surface area contributed by atoms with Crippen LogP contribution in [-0.4, -0.2) is 67.7 Å². The SMILES string of the molecule is CCCN1CCC(Cn2cc(C(=O)O)c(=O)c3cc(-c4cnc(NC(=O)NCC)cc4-c4nc(C(F)(F)F)cs4)ncc32)C1. The molecule has 1 aliphatic heterocycles. The van der Waals surface area contributed by atoms with Gasteiger partial charge in [0, 0.05) is 48.5 Å². The highest BCUT2D eigenvalue weighted by molar-refractivity contribution is 7.13. The standard InChI is InChI=1S/C29H30F3N7O4S/c1-3-6-38-7-5-16(12-38)13-39-14-20(27(41)42)25(40)18-8-21(34-11-22(18)39)19-10-35-24(37-28(43)33-4-2)9-17(19)26-36-23(15-44-26)29(30,31)32/h8-11,14-16H,3-7,12-13H2,1-2H3,(H,41,42)(H2,33,35,37,43). The number of alkyl halides is 3. The number of thiazole rings is 1. The van der Waals surface area contributed by atoms with Gasteiger partial charge in [0.25, 0.3) is 0 Å².